The molecule has 0 amide bonds. The van der Waals surface area contributed by atoms with Gasteiger partial charge in [0.1, 0.15) is 0 Å². The Bertz CT molecular complexity index is 523. The van der Waals surface area contributed by atoms with Crippen molar-refractivity contribution in [3.63, 3.8) is 0 Å². The molecule has 0 heterocycles. The fraction of sp³-hybridized carbons (Fsp3) is 1.00. The summed E-state index contributed by atoms with van der Waals surface area (Å²) in [7, 11) is 0. The summed E-state index contributed by atoms with van der Waals surface area (Å²) >= 11 is 0. The Morgan fingerprint density at radius 1 is 0.474 bits per heavy atom. The van der Waals surface area contributed by atoms with E-state index in [1.165, 1.54) is 96.3 Å². The van der Waals surface area contributed by atoms with Gasteiger partial charge in [0.2, 0.25) is 0 Å². The molecule has 228 valence electrons. The van der Waals surface area contributed by atoms with Gasteiger partial charge in [-0.2, -0.15) is 0 Å². The normalized spacial score (nSPS) is 27.6. The minimum Gasteiger partial charge on any atom is -0.0628 e. The smallest absolute Gasteiger partial charge is 0.0293 e. The summed E-state index contributed by atoms with van der Waals surface area (Å²) in [6.07, 6.45) is 22.3. The van der Waals surface area contributed by atoms with Crippen molar-refractivity contribution < 1.29 is 0 Å². The zero-order valence-corrected chi connectivity index (χ0v) is 28.9. The average molecular weight is 533 g/mol. The summed E-state index contributed by atoms with van der Waals surface area (Å²) in [6.45, 7) is 28.5. The third-order valence-corrected chi connectivity index (χ3v) is 10.6. The van der Waals surface area contributed by atoms with Gasteiger partial charge >= 0.3 is 0 Å². The van der Waals surface area contributed by atoms with Gasteiger partial charge < -0.3 is 0 Å². The van der Waals surface area contributed by atoms with E-state index in [1.807, 2.05) is 0 Å². The summed E-state index contributed by atoms with van der Waals surface area (Å²) in [5, 5.41) is 0. The molecule has 0 aromatic carbocycles. The highest BCUT2D eigenvalue weighted by Gasteiger charge is 2.34. The van der Waals surface area contributed by atoms with Gasteiger partial charge in [0.15, 0.2) is 0 Å². The molecule has 3 aliphatic rings. The molecule has 0 saturated heterocycles. The predicted octanol–water partition coefficient (Wildman–Crippen LogP) is 13.2. The van der Waals surface area contributed by atoms with E-state index in [0.717, 1.165) is 64.6 Å². The maximum absolute atomic E-state index is 2.41. The molecule has 38 heavy (non-hydrogen) atoms. The Labute approximate surface area is 243 Å². The van der Waals surface area contributed by atoms with Crippen LogP contribution in [0, 0.1) is 64.6 Å². The van der Waals surface area contributed by atoms with Crippen molar-refractivity contribution in [3.05, 3.63) is 0 Å². The Kier molecular flexibility index (Phi) is 17.5. The maximum atomic E-state index is 2.41. The van der Waals surface area contributed by atoms with Crippen LogP contribution in [0.2, 0.25) is 0 Å². The Morgan fingerprint density at radius 2 is 0.895 bits per heavy atom. The third-order valence-electron chi connectivity index (χ3n) is 10.6. The maximum Gasteiger partial charge on any atom is -0.0293 e. The van der Waals surface area contributed by atoms with Crippen LogP contribution in [-0.2, 0) is 0 Å². The zero-order valence-electron chi connectivity index (χ0n) is 28.9. The first-order valence-corrected chi connectivity index (χ1v) is 17.8. The molecule has 3 aliphatic carbocycles. The highest BCUT2D eigenvalue weighted by Crippen LogP contribution is 2.47. The van der Waals surface area contributed by atoms with Crippen LogP contribution in [-0.4, -0.2) is 0 Å². The average Bonchev–Trinajstić information content (AvgIpc) is 3.26. The van der Waals surface area contributed by atoms with Crippen molar-refractivity contribution in [2.24, 2.45) is 64.6 Å². The molecule has 2 atom stereocenters. The largest absolute Gasteiger partial charge is 0.0628 e. The summed E-state index contributed by atoms with van der Waals surface area (Å²) in [4.78, 5) is 0. The van der Waals surface area contributed by atoms with Crippen LogP contribution in [0.3, 0.4) is 0 Å². The van der Waals surface area contributed by atoms with E-state index in [2.05, 4.69) is 83.1 Å². The van der Waals surface area contributed by atoms with Gasteiger partial charge in [-0.3, -0.25) is 0 Å². The van der Waals surface area contributed by atoms with Crippen molar-refractivity contribution in [2.45, 2.75) is 179 Å². The lowest BCUT2D eigenvalue weighted by Gasteiger charge is -2.35. The molecule has 0 spiro atoms. The van der Waals surface area contributed by atoms with Crippen LogP contribution in [0.4, 0.5) is 0 Å². The Morgan fingerprint density at radius 3 is 1.24 bits per heavy atom. The molecule has 3 fully saturated rings. The second-order valence-electron chi connectivity index (χ2n) is 16.6. The van der Waals surface area contributed by atoms with Crippen LogP contribution < -0.4 is 0 Å². The molecule has 0 unspecified atom stereocenters. The van der Waals surface area contributed by atoms with Crippen molar-refractivity contribution in [3.8, 4) is 0 Å². The van der Waals surface area contributed by atoms with E-state index < -0.39 is 0 Å². The fourth-order valence-electron chi connectivity index (χ4n) is 8.84. The summed E-state index contributed by atoms with van der Waals surface area (Å²) in [5.41, 5.74) is 0.738. The first-order valence-electron chi connectivity index (χ1n) is 17.8. The van der Waals surface area contributed by atoms with E-state index in [9.17, 15) is 0 Å². The molecular formula is C38H76. The van der Waals surface area contributed by atoms with Crippen molar-refractivity contribution >= 4 is 0 Å². The zero-order chi connectivity index (χ0) is 28.9. The lowest BCUT2D eigenvalue weighted by atomic mass is 9.71. The van der Waals surface area contributed by atoms with Gasteiger partial charge in [-0.05, 0) is 129 Å². The molecule has 0 aromatic rings. The molecule has 0 nitrogen and oxygen atoms in total. The number of hydrogen-bond donors (Lipinski definition) is 0. The summed E-state index contributed by atoms with van der Waals surface area (Å²) in [6, 6.07) is 0. The van der Waals surface area contributed by atoms with Crippen molar-refractivity contribution in [2.75, 3.05) is 0 Å². The van der Waals surface area contributed by atoms with Crippen molar-refractivity contribution in [1.82, 2.24) is 0 Å². The van der Waals surface area contributed by atoms with Crippen molar-refractivity contribution in [1.29, 1.82) is 0 Å². The fourth-order valence-corrected chi connectivity index (χ4v) is 8.84. The predicted molar refractivity (Wildman–Crippen MR) is 175 cm³/mol. The highest BCUT2D eigenvalue weighted by molar-refractivity contribution is 4.86. The molecule has 0 radical (unpaired) electrons. The minimum absolute atomic E-state index is 0.738. The topological polar surface area (TPSA) is 0 Å². The van der Waals surface area contributed by atoms with E-state index >= 15 is 0 Å². The first-order chi connectivity index (χ1) is 17.8. The second kappa shape index (κ2) is 18.4. The molecule has 0 bridgehead atoms. The number of hydrogen-bond acceptors (Lipinski definition) is 0. The Balaban J connectivity index is 0.000000285. The van der Waals surface area contributed by atoms with Crippen LogP contribution >= 0.6 is 0 Å². The van der Waals surface area contributed by atoms with Crippen LogP contribution in [0.1, 0.15) is 179 Å². The minimum atomic E-state index is 0.738. The Hall–Kier alpha value is 0. The lowest BCUT2D eigenvalue weighted by molar-refractivity contribution is 0.156. The molecule has 0 aromatic heterocycles. The molecule has 3 saturated carbocycles. The van der Waals surface area contributed by atoms with Gasteiger partial charge in [-0.1, -0.05) is 115 Å². The first kappa shape index (κ1) is 36.0. The SMILES string of the molecule is CC(C)C1CCC(C(C)C)CC1.CC(C)CC1(CC(C)C)CCCC1.CC(C)C[C@H]1CCCC[C@H]1C(C)C. The third kappa shape index (κ3) is 14.1. The molecular weight excluding hydrogens is 456 g/mol. The van der Waals surface area contributed by atoms with Crippen LogP contribution in [0.25, 0.3) is 0 Å². The molecule has 3 rings (SSSR count). The van der Waals surface area contributed by atoms with E-state index in [0.29, 0.717) is 0 Å². The van der Waals surface area contributed by atoms with E-state index in [-0.39, 0.29) is 0 Å². The summed E-state index contributed by atoms with van der Waals surface area (Å²) < 4.78 is 0. The molecule has 0 aliphatic heterocycles. The summed E-state index contributed by atoms with van der Waals surface area (Å²) in [5.74, 6) is 9.52. The quantitative estimate of drug-likeness (QED) is 0.277. The molecule has 0 N–H and O–H groups in total. The lowest BCUT2D eigenvalue weighted by Crippen LogP contribution is -2.25. The van der Waals surface area contributed by atoms with Crippen LogP contribution in [0.5, 0.6) is 0 Å². The van der Waals surface area contributed by atoms with Gasteiger partial charge in [0.25, 0.3) is 0 Å². The highest BCUT2D eigenvalue weighted by atomic mass is 14.4. The van der Waals surface area contributed by atoms with Gasteiger partial charge in [-0.15, -0.1) is 0 Å². The standard InChI is InChI=1S/2C13H26.C12H24/c1-11(2)9-13(10-12(3)4)7-5-6-8-13;1-10(2)9-12-7-5-6-8-13(12)11(3)4;1-9(2)11-5-7-12(8-6-11)10(3)4/h11-12H,5-10H2,1-4H3;10-13H,5-9H2,1-4H3;9-12H,5-8H2,1-4H3/t;12-,13+;/m.1./s1. The van der Waals surface area contributed by atoms with E-state index in [1.54, 1.807) is 0 Å². The second-order valence-corrected chi connectivity index (χ2v) is 16.6. The van der Waals surface area contributed by atoms with E-state index in [4.69, 9.17) is 0 Å². The van der Waals surface area contributed by atoms with Crippen LogP contribution in [0.15, 0.2) is 0 Å². The van der Waals surface area contributed by atoms with Gasteiger partial charge in [-0.25, -0.2) is 0 Å². The molecule has 0 heteroatoms. The van der Waals surface area contributed by atoms with Gasteiger partial charge in [0.05, 0.1) is 0 Å². The van der Waals surface area contributed by atoms with Gasteiger partial charge in [0, 0.05) is 0 Å². The number of rotatable bonds is 9. The monoisotopic (exact) mass is 533 g/mol.